The van der Waals surface area contributed by atoms with Crippen molar-refractivity contribution in [1.29, 1.82) is 0 Å². The Bertz CT molecular complexity index is 611. The fourth-order valence-corrected chi connectivity index (χ4v) is 3.61. The predicted octanol–water partition coefficient (Wildman–Crippen LogP) is 2.12. The summed E-state index contributed by atoms with van der Waals surface area (Å²) in [6.45, 7) is 4.62. The number of amides is 1. The number of hydrogen-bond donors (Lipinski definition) is 2. The van der Waals surface area contributed by atoms with E-state index in [0.29, 0.717) is 5.56 Å². The Balaban J connectivity index is 1.94. The van der Waals surface area contributed by atoms with Crippen LogP contribution in [0.15, 0.2) is 11.4 Å². The van der Waals surface area contributed by atoms with Crippen LogP contribution in [0, 0.1) is 6.92 Å². The Hall–Kier alpha value is -1.82. The molecule has 0 aliphatic carbocycles. The smallest absolute Gasteiger partial charge is 0.260 e. The first-order valence-corrected chi connectivity index (χ1v) is 7.15. The number of nitrogens with zero attached hydrogens (tertiary/aromatic N) is 2. The second-order valence-corrected chi connectivity index (χ2v) is 5.83. The molecular formula is C13H16N4OS. The van der Waals surface area contributed by atoms with Crippen LogP contribution in [0.2, 0.25) is 0 Å². The number of carbonyl (C=O) groups excluding carboxylic acids is 1. The zero-order valence-corrected chi connectivity index (χ0v) is 11.8. The molecule has 3 heterocycles. The summed E-state index contributed by atoms with van der Waals surface area (Å²) in [7, 11) is 0. The monoisotopic (exact) mass is 276 g/mol. The van der Waals surface area contributed by atoms with Crippen LogP contribution in [0.5, 0.6) is 0 Å². The van der Waals surface area contributed by atoms with Gasteiger partial charge in [-0.3, -0.25) is 9.89 Å². The molecule has 6 heteroatoms. The summed E-state index contributed by atoms with van der Waals surface area (Å²) in [6, 6.07) is 2.20. The van der Waals surface area contributed by atoms with Gasteiger partial charge in [0.15, 0.2) is 5.82 Å². The maximum atomic E-state index is 12.6. The number of aryl methyl sites for hydroxylation is 1. The molecule has 0 saturated carbocycles. The number of hydrogen-bond acceptors (Lipinski definition) is 4. The maximum Gasteiger partial charge on any atom is 0.260 e. The highest BCUT2D eigenvalue weighted by atomic mass is 32.1. The number of aromatic amines is 1. The minimum Gasteiger partial charge on any atom is -0.382 e. The van der Waals surface area contributed by atoms with Crippen molar-refractivity contribution in [2.45, 2.75) is 26.3 Å². The van der Waals surface area contributed by atoms with E-state index in [9.17, 15) is 4.79 Å². The molecule has 0 aromatic carbocycles. The van der Waals surface area contributed by atoms with Gasteiger partial charge in [-0.1, -0.05) is 0 Å². The minimum atomic E-state index is -0.0342. The Morgan fingerprint density at radius 1 is 1.63 bits per heavy atom. The van der Waals surface area contributed by atoms with Crippen LogP contribution in [-0.4, -0.2) is 27.5 Å². The summed E-state index contributed by atoms with van der Waals surface area (Å²) in [5.74, 6) is 0.249. The fourth-order valence-electron chi connectivity index (χ4n) is 2.65. The Morgan fingerprint density at radius 2 is 2.42 bits per heavy atom. The molecule has 3 rings (SSSR count). The van der Waals surface area contributed by atoms with E-state index in [0.717, 1.165) is 18.7 Å². The largest absolute Gasteiger partial charge is 0.382 e. The highest BCUT2D eigenvalue weighted by molar-refractivity contribution is 7.10. The van der Waals surface area contributed by atoms with Crippen molar-refractivity contribution >= 4 is 23.1 Å². The first kappa shape index (κ1) is 12.2. The Labute approximate surface area is 115 Å². The van der Waals surface area contributed by atoms with E-state index in [1.54, 1.807) is 11.3 Å². The molecule has 3 N–H and O–H groups in total. The average Bonchev–Trinajstić information content (AvgIpc) is 2.97. The quantitative estimate of drug-likeness (QED) is 0.837. The molecule has 1 atom stereocenters. The summed E-state index contributed by atoms with van der Waals surface area (Å²) in [5, 5.41) is 8.75. The lowest BCUT2D eigenvalue weighted by atomic mass is 10.0. The van der Waals surface area contributed by atoms with Crippen LogP contribution in [0.25, 0.3) is 0 Å². The summed E-state index contributed by atoms with van der Waals surface area (Å²) in [5.41, 5.74) is 8.27. The molecule has 100 valence electrons. The van der Waals surface area contributed by atoms with Crippen LogP contribution < -0.4 is 5.73 Å². The first-order valence-electron chi connectivity index (χ1n) is 6.27. The molecule has 19 heavy (non-hydrogen) atoms. The van der Waals surface area contributed by atoms with E-state index in [1.807, 2.05) is 11.8 Å². The maximum absolute atomic E-state index is 12.6. The summed E-state index contributed by atoms with van der Waals surface area (Å²) < 4.78 is 0. The van der Waals surface area contributed by atoms with Crippen molar-refractivity contribution < 1.29 is 4.79 Å². The Kier molecular flexibility index (Phi) is 2.82. The van der Waals surface area contributed by atoms with Gasteiger partial charge in [-0.25, -0.2) is 0 Å². The van der Waals surface area contributed by atoms with Crippen molar-refractivity contribution in [2.75, 3.05) is 12.3 Å². The van der Waals surface area contributed by atoms with E-state index < -0.39 is 0 Å². The standard InChI is InChI=1S/C13H16N4OS/c1-7-11(12(14)16-15-7)13(18)17-5-3-10-9(8(17)2)4-6-19-10/h4,6,8H,3,5H2,1-2H3,(H3,14,15,16). The predicted molar refractivity (Wildman–Crippen MR) is 75.2 cm³/mol. The van der Waals surface area contributed by atoms with E-state index in [-0.39, 0.29) is 17.8 Å². The number of H-pyrrole nitrogens is 1. The van der Waals surface area contributed by atoms with Gasteiger partial charge in [-0.15, -0.1) is 11.3 Å². The van der Waals surface area contributed by atoms with E-state index in [2.05, 4.69) is 28.6 Å². The molecule has 1 aliphatic heterocycles. The van der Waals surface area contributed by atoms with Crippen molar-refractivity contribution in [1.82, 2.24) is 15.1 Å². The fraction of sp³-hybridized carbons (Fsp3) is 0.385. The van der Waals surface area contributed by atoms with E-state index in [1.165, 1.54) is 10.4 Å². The number of thiophene rings is 1. The van der Waals surface area contributed by atoms with Gasteiger partial charge in [0.05, 0.1) is 6.04 Å². The van der Waals surface area contributed by atoms with Gasteiger partial charge in [0.25, 0.3) is 5.91 Å². The van der Waals surface area contributed by atoms with Gasteiger partial charge in [0, 0.05) is 17.1 Å². The summed E-state index contributed by atoms with van der Waals surface area (Å²) in [6.07, 6.45) is 0.917. The average molecular weight is 276 g/mol. The molecule has 0 saturated heterocycles. The molecule has 0 radical (unpaired) electrons. The number of anilines is 1. The van der Waals surface area contributed by atoms with Crippen LogP contribution in [-0.2, 0) is 6.42 Å². The minimum absolute atomic E-state index is 0.0342. The van der Waals surface area contributed by atoms with E-state index in [4.69, 9.17) is 5.73 Å². The van der Waals surface area contributed by atoms with Gasteiger partial charge in [-0.2, -0.15) is 5.10 Å². The van der Waals surface area contributed by atoms with Gasteiger partial charge in [-0.05, 0) is 37.3 Å². The number of fused-ring (bicyclic) bond motifs is 1. The van der Waals surface area contributed by atoms with Crippen molar-refractivity contribution in [3.8, 4) is 0 Å². The van der Waals surface area contributed by atoms with Crippen LogP contribution in [0.3, 0.4) is 0 Å². The highest BCUT2D eigenvalue weighted by Gasteiger charge is 2.31. The number of aromatic nitrogens is 2. The number of nitrogens with one attached hydrogen (secondary N) is 1. The number of carbonyl (C=O) groups is 1. The molecule has 0 bridgehead atoms. The van der Waals surface area contributed by atoms with E-state index >= 15 is 0 Å². The highest BCUT2D eigenvalue weighted by Crippen LogP contribution is 2.34. The lowest BCUT2D eigenvalue weighted by Crippen LogP contribution is -2.38. The second-order valence-electron chi connectivity index (χ2n) is 4.83. The third-order valence-corrected chi connectivity index (χ3v) is 4.72. The molecule has 5 nitrogen and oxygen atoms in total. The van der Waals surface area contributed by atoms with Crippen LogP contribution in [0.4, 0.5) is 5.82 Å². The van der Waals surface area contributed by atoms with Gasteiger partial charge in [0.2, 0.25) is 0 Å². The molecule has 1 unspecified atom stereocenters. The molecule has 2 aromatic heterocycles. The number of rotatable bonds is 1. The van der Waals surface area contributed by atoms with Crippen molar-refractivity contribution in [3.05, 3.63) is 33.1 Å². The normalized spacial score (nSPS) is 18.4. The summed E-state index contributed by atoms with van der Waals surface area (Å²) in [4.78, 5) is 15.9. The van der Waals surface area contributed by atoms with Crippen molar-refractivity contribution in [3.63, 3.8) is 0 Å². The number of nitrogen functional groups attached to an aromatic ring is 1. The topological polar surface area (TPSA) is 75.0 Å². The molecular weight excluding hydrogens is 260 g/mol. The lowest BCUT2D eigenvalue weighted by molar-refractivity contribution is 0.0680. The molecule has 1 amide bonds. The van der Waals surface area contributed by atoms with Gasteiger partial charge < -0.3 is 10.6 Å². The number of nitrogens with two attached hydrogens (primary N) is 1. The molecule has 0 fully saturated rings. The molecule has 1 aliphatic rings. The van der Waals surface area contributed by atoms with Gasteiger partial charge >= 0.3 is 0 Å². The third kappa shape index (κ3) is 1.83. The SMILES string of the molecule is Cc1[nH]nc(N)c1C(=O)N1CCc2sccc2C1C. The molecule has 0 spiro atoms. The zero-order valence-electron chi connectivity index (χ0n) is 10.9. The lowest BCUT2D eigenvalue weighted by Gasteiger charge is -2.33. The van der Waals surface area contributed by atoms with Crippen molar-refractivity contribution in [2.24, 2.45) is 0 Å². The zero-order chi connectivity index (χ0) is 13.6. The molecule has 2 aromatic rings. The first-order chi connectivity index (χ1) is 9.09. The van der Waals surface area contributed by atoms with Crippen LogP contribution >= 0.6 is 11.3 Å². The van der Waals surface area contributed by atoms with Gasteiger partial charge in [0.1, 0.15) is 5.56 Å². The summed E-state index contributed by atoms with van der Waals surface area (Å²) >= 11 is 1.77. The van der Waals surface area contributed by atoms with Crippen LogP contribution in [0.1, 0.15) is 39.5 Å². The second kappa shape index (κ2) is 4.38. The Morgan fingerprint density at radius 3 is 3.11 bits per heavy atom. The third-order valence-electron chi connectivity index (χ3n) is 3.73.